The van der Waals surface area contributed by atoms with Crippen molar-refractivity contribution in [3.05, 3.63) is 38.4 Å². The van der Waals surface area contributed by atoms with E-state index < -0.39 is 26.9 Å². The molecule has 1 fully saturated rings. The van der Waals surface area contributed by atoms with Crippen molar-refractivity contribution < 1.29 is 19.7 Å². The second-order valence-corrected chi connectivity index (χ2v) is 4.65. The van der Waals surface area contributed by atoms with Gasteiger partial charge in [-0.2, -0.15) is 0 Å². The van der Waals surface area contributed by atoms with Crippen molar-refractivity contribution in [1.29, 1.82) is 0 Å². The van der Waals surface area contributed by atoms with Crippen molar-refractivity contribution >= 4 is 23.0 Å². The molecule has 1 aliphatic carbocycles. The highest BCUT2D eigenvalue weighted by Gasteiger charge is 2.50. The van der Waals surface area contributed by atoms with E-state index in [0.29, 0.717) is 12.8 Å². The van der Waals surface area contributed by atoms with Crippen LogP contribution in [0.25, 0.3) is 0 Å². The van der Waals surface area contributed by atoms with E-state index in [1.807, 2.05) is 0 Å². The summed E-state index contributed by atoms with van der Waals surface area (Å²) in [6, 6.07) is 3.20. The van der Waals surface area contributed by atoms with Crippen molar-refractivity contribution in [3.8, 4) is 0 Å². The minimum absolute atomic E-state index is 0.0565. The van der Waals surface area contributed by atoms with Crippen LogP contribution in [0.2, 0.25) is 0 Å². The zero-order valence-electron chi connectivity index (χ0n) is 10.2. The maximum atomic E-state index is 11.0. The highest BCUT2D eigenvalue weighted by molar-refractivity contribution is 5.79. The average Bonchev–Trinajstić information content (AvgIpc) is 3.17. The normalized spacial score (nSPS) is 15.4. The Bertz CT molecular complexity index is 596. The van der Waals surface area contributed by atoms with Crippen LogP contribution in [0.1, 0.15) is 12.8 Å². The van der Waals surface area contributed by atoms with Crippen molar-refractivity contribution in [1.82, 2.24) is 0 Å². The lowest BCUT2D eigenvalue weighted by molar-refractivity contribution is -0.393. The number of benzene rings is 1. The maximum Gasteiger partial charge on any atom is 0.311 e. The van der Waals surface area contributed by atoms with Gasteiger partial charge in [0.2, 0.25) is 0 Å². The van der Waals surface area contributed by atoms with Gasteiger partial charge < -0.3 is 10.4 Å². The Balaban J connectivity index is 2.21. The van der Waals surface area contributed by atoms with Crippen LogP contribution in [0.4, 0.5) is 17.1 Å². The monoisotopic (exact) mass is 281 g/mol. The molecule has 1 aromatic rings. The minimum Gasteiger partial charge on any atom is -0.481 e. The second kappa shape index (κ2) is 4.76. The third-order valence-electron chi connectivity index (χ3n) is 3.31. The van der Waals surface area contributed by atoms with E-state index >= 15 is 0 Å². The van der Waals surface area contributed by atoms with Crippen LogP contribution >= 0.6 is 0 Å². The molecule has 0 atom stereocenters. The van der Waals surface area contributed by atoms with Gasteiger partial charge in [0.25, 0.3) is 11.4 Å². The standard InChI is InChI=1S/C11H11N3O6/c15-10(16)11(3-4-11)6-12-8-2-1-7(13(17)18)5-9(8)14(19)20/h1-2,5,12H,3-4,6H2,(H,15,16). The number of hydrogen-bond donors (Lipinski definition) is 2. The molecular formula is C11H11N3O6. The van der Waals surface area contributed by atoms with Gasteiger partial charge in [0.15, 0.2) is 0 Å². The quantitative estimate of drug-likeness (QED) is 0.599. The fraction of sp³-hybridized carbons (Fsp3) is 0.364. The summed E-state index contributed by atoms with van der Waals surface area (Å²) < 4.78 is 0. The van der Waals surface area contributed by atoms with Crippen molar-refractivity contribution in [2.75, 3.05) is 11.9 Å². The van der Waals surface area contributed by atoms with Gasteiger partial charge in [-0.25, -0.2) is 0 Å². The molecular weight excluding hydrogens is 270 g/mol. The lowest BCUT2D eigenvalue weighted by Crippen LogP contribution is -2.24. The molecule has 0 spiro atoms. The molecule has 0 aromatic heterocycles. The van der Waals surface area contributed by atoms with E-state index in [0.717, 1.165) is 12.1 Å². The zero-order chi connectivity index (χ0) is 14.9. The van der Waals surface area contributed by atoms with Gasteiger partial charge in [0.05, 0.1) is 21.3 Å². The summed E-state index contributed by atoms with van der Waals surface area (Å²) in [7, 11) is 0. The summed E-state index contributed by atoms with van der Waals surface area (Å²) >= 11 is 0. The topological polar surface area (TPSA) is 136 Å². The van der Waals surface area contributed by atoms with Crippen LogP contribution in [0.3, 0.4) is 0 Å². The molecule has 0 saturated heterocycles. The first kappa shape index (κ1) is 13.7. The van der Waals surface area contributed by atoms with Gasteiger partial charge in [-0.05, 0) is 18.9 Å². The molecule has 106 valence electrons. The average molecular weight is 281 g/mol. The molecule has 0 radical (unpaired) electrons. The first-order valence-electron chi connectivity index (χ1n) is 5.76. The van der Waals surface area contributed by atoms with Crippen LogP contribution in [-0.4, -0.2) is 27.5 Å². The van der Waals surface area contributed by atoms with Gasteiger partial charge in [-0.1, -0.05) is 0 Å². The Hall–Kier alpha value is -2.71. The fourth-order valence-corrected chi connectivity index (χ4v) is 1.82. The Morgan fingerprint density at radius 1 is 1.30 bits per heavy atom. The van der Waals surface area contributed by atoms with Crippen LogP contribution in [-0.2, 0) is 4.79 Å². The van der Waals surface area contributed by atoms with Gasteiger partial charge in [-0.15, -0.1) is 0 Å². The molecule has 0 amide bonds. The lowest BCUT2D eigenvalue weighted by Gasteiger charge is -2.12. The van der Waals surface area contributed by atoms with Gasteiger partial charge in [0, 0.05) is 12.6 Å². The van der Waals surface area contributed by atoms with Crippen molar-refractivity contribution in [2.24, 2.45) is 5.41 Å². The number of nitro benzene ring substituents is 2. The number of aliphatic carboxylic acids is 1. The number of carboxylic acid groups (broad SMARTS) is 1. The molecule has 0 aliphatic heterocycles. The number of carboxylic acids is 1. The smallest absolute Gasteiger partial charge is 0.311 e. The summed E-state index contributed by atoms with van der Waals surface area (Å²) in [4.78, 5) is 31.0. The lowest BCUT2D eigenvalue weighted by atomic mass is 10.1. The van der Waals surface area contributed by atoms with Gasteiger partial charge in [-0.3, -0.25) is 25.0 Å². The zero-order valence-corrected chi connectivity index (χ0v) is 10.2. The summed E-state index contributed by atoms with van der Waals surface area (Å²) in [6.07, 6.45) is 1.02. The minimum atomic E-state index is -0.949. The SMILES string of the molecule is O=C(O)C1(CNc2ccc([N+](=O)[O-])cc2[N+](=O)[O-])CC1. The molecule has 1 aliphatic rings. The van der Waals surface area contributed by atoms with Crippen molar-refractivity contribution in [2.45, 2.75) is 12.8 Å². The third-order valence-corrected chi connectivity index (χ3v) is 3.31. The Kier molecular flexibility index (Phi) is 3.26. The number of carbonyl (C=O) groups is 1. The number of non-ortho nitro benzene ring substituents is 1. The fourth-order valence-electron chi connectivity index (χ4n) is 1.82. The van der Waals surface area contributed by atoms with E-state index in [-0.39, 0.29) is 17.9 Å². The van der Waals surface area contributed by atoms with Gasteiger partial charge in [0.1, 0.15) is 5.69 Å². The van der Waals surface area contributed by atoms with Gasteiger partial charge >= 0.3 is 5.97 Å². The second-order valence-electron chi connectivity index (χ2n) is 4.65. The van der Waals surface area contributed by atoms with E-state index in [2.05, 4.69) is 5.32 Å². The van der Waals surface area contributed by atoms with Crippen LogP contribution in [0.5, 0.6) is 0 Å². The molecule has 0 heterocycles. The van der Waals surface area contributed by atoms with E-state index in [1.165, 1.54) is 6.07 Å². The Morgan fingerprint density at radius 3 is 2.40 bits per heavy atom. The first-order chi connectivity index (χ1) is 9.35. The highest BCUT2D eigenvalue weighted by Crippen LogP contribution is 2.46. The molecule has 0 bridgehead atoms. The molecule has 2 N–H and O–H groups in total. The summed E-state index contributed by atoms with van der Waals surface area (Å²) in [5.41, 5.74) is -1.63. The number of rotatable bonds is 6. The summed E-state index contributed by atoms with van der Waals surface area (Å²) in [5.74, 6) is -0.949. The van der Waals surface area contributed by atoms with E-state index in [1.54, 1.807) is 0 Å². The molecule has 9 heteroatoms. The molecule has 2 rings (SSSR count). The Labute approximate surface area is 112 Å². The molecule has 9 nitrogen and oxygen atoms in total. The number of anilines is 1. The number of nitro groups is 2. The number of nitrogens with one attached hydrogen (secondary N) is 1. The maximum absolute atomic E-state index is 11.0. The first-order valence-corrected chi connectivity index (χ1v) is 5.76. The number of nitrogens with zero attached hydrogens (tertiary/aromatic N) is 2. The molecule has 0 unspecified atom stereocenters. The molecule has 20 heavy (non-hydrogen) atoms. The predicted molar refractivity (Wildman–Crippen MR) is 67.5 cm³/mol. The van der Waals surface area contributed by atoms with Crippen molar-refractivity contribution in [3.63, 3.8) is 0 Å². The highest BCUT2D eigenvalue weighted by atomic mass is 16.6. The summed E-state index contributed by atoms with van der Waals surface area (Å²) in [6.45, 7) is 0.0565. The van der Waals surface area contributed by atoms with Crippen LogP contribution in [0, 0.1) is 25.6 Å². The van der Waals surface area contributed by atoms with Crippen LogP contribution in [0.15, 0.2) is 18.2 Å². The third kappa shape index (κ3) is 2.51. The molecule has 1 saturated carbocycles. The largest absolute Gasteiger partial charge is 0.481 e. The van der Waals surface area contributed by atoms with E-state index in [9.17, 15) is 25.0 Å². The predicted octanol–water partition coefficient (Wildman–Crippen LogP) is 1.78. The Morgan fingerprint density at radius 2 is 1.95 bits per heavy atom. The molecule has 1 aromatic carbocycles. The summed E-state index contributed by atoms with van der Waals surface area (Å²) in [5, 5.41) is 33.2. The van der Waals surface area contributed by atoms with E-state index in [4.69, 9.17) is 5.11 Å². The van der Waals surface area contributed by atoms with Crippen LogP contribution < -0.4 is 5.32 Å². The number of hydrogen-bond acceptors (Lipinski definition) is 6.